The highest BCUT2D eigenvalue weighted by atomic mass is 127. The van der Waals surface area contributed by atoms with Gasteiger partial charge in [0.1, 0.15) is 0 Å². The van der Waals surface area contributed by atoms with Gasteiger partial charge in [-0.05, 0) is 84.0 Å². The Morgan fingerprint density at radius 2 is 1.85 bits per heavy atom. The summed E-state index contributed by atoms with van der Waals surface area (Å²) in [5.74, 6) is 2.63. The zero-order valence-electron chi connectivity index (χ0n) is 17.5. The number of nitrogens with zero attached hydrogens (tertiary/aromatic N) is 3. The van der Waals surface area contributed by atoms with E-state index in [0.29, 0.717) is 6.04 Å². The van der Waals surface area contributed by atoms with Crippen molar-refractivity contribution >= 4 is 29.9 Å². The Labute approximate surface area is 178 Å². The van der Waals surface area contributed by atoms with Crippen LogP contribution in [0.1, 0.15) is 52.9 Å². The maximum Gasteiger partial charge on any atom is 0.190 e. The number of nitrogens with one attached hydrogen (secondary N) is 2. The summed E-state index contributed by atoms with van der Waals surface area (Å²) in [4.78, 5) is 9.60. The predicted molar refractivity (Wildman–Crippen MR) is 124 cm³/mol. The van der Waals surface area contributed by atoms with Crippen molar-refractivity contribution in [1.29, 1.82) is 0 Å². The Bertz CT molecular complexity index is 394. The summed E-state index contributed by atoms with van der Waals surface area (Å²) < 4.78 is 0. The zero-order valence-corrected chi connectivity index (χ0v) is 19.8. The molecule has 0 spiro atoms. The monoisotopic (exact) mass is 479 g/mol. The van der Waals surface area contributed by atoms with Gasteiger partial charge in [0.25, 0.3) is 0 Å². The summed E-state index contributed by atoms with van der Waals surface area (Å²) in [6.45, 7) is 15.3. The summed E-state index contributed by atoms with van der Waals surface area (Å²) in [7, 11) is 1.88. The molecule has 0 amide bonds. The second kappa shape index (κ2) is 13.2. The molecule has 2 rings (SSSR count). The maximum atomic E-state index is 4.39. The molecule has 0 bridgehead atoms. The topological polar surface area (TPSA) is 42.9 Å². The van der Waals surface area contributed by atoms with Gasteiger partial charge in [0.05, 0.1) is 0 Å². The molecule has 2 heterocycles. The third kappa shape index (κ3) is 8.74. The highest BCUT2D eigenvalue weighted by Crippen LogP contribution is 2.17. The van der Waals surface area contributed by atoms with E-state index in [9.17, 15) is 0 Å². The first-order valence-corrected chi connectivity index (χ1v) is 10.5. The van der Waals surface area contributed by atoms with Gasteiger partial charge in [-0.2, -0.15) is 0 Å². The van der Waals surface area contributed by atoms with Gasteiger partial charge in [-0.1, -0.05) is 6.92 Å². The van der Waals surface area contributed by atoms with Crippen LogP contribution in [0.4, 0.5) is 0 Å². The van der Waals surface area contributed by atoms with E-state index in [1.54, 1.807) is 0 Å². The molecule has 2 N–H and O–H groups in total. The van der Waals surface area contributed by atoms with Crippen molar-refractivity contribution in [2.75, 3.05) is 52.9 Å². The van der Waals surface area contributed by atoms with Crippen molar-refractivity contribution in [1.82, 2.24) is 20.4 Å². The lowest BCUT2D eigenvalue weighted by atomic mass is 9.97. The standard InChI is InChI=1S/C20H41N5.HI/c1-17(2)25-12-5-7-19(16-25)15-23-20(21-4)22-10-6-11-24-13-8-18(3)9-14-24;/h17-19H,5-16H2,1-4H3,(H2,21,22,23);1H. The van der Waals surface area contributed by atoms with Gasteiger partial charge in [-0.25, -0.2) is 0 Å². The normalized spacial score (nSPS) is 23.7. The first kappa shape index (κ1) is 24.0. The van der Waals surface area contributed by atoms with E-state index < -0.39 is 0 Å². The van der Waals surface area contributed by atoms with E-state index >= 15 is 0 Å². The molecule has 6 heteroatoms. The molecule has 0 aliphatic carbocycles. The molecule has 0 saturated carbocycles. The molecule has 0 aromatic heterocycles. The molecule has 26 heavy (non-hydrogen) atoms. The first-order chi connectivity index (χ1) is 12.1. The molecular weight excluding hydrogens is 437 g/mol. The number of guanidine groups is 1. The van der Waals surface area contributed by atoms with Crippen LogP contribution in [-0.2, 0) is 0 Å². The molecular formula is C20H42IN5. The van der Waals surface area contributed by atoms with E-state index in [2.05, 4.69) is 46.2 Å². The van der Waals surface area contributed by atoms with Gasteiger partial charge in [0, 0.05) is 32.7 Å². The average molecular weight is 479 g/mol. The Hall–Kier alpha value is -0.0800. The summed E-state index contributed by atoms with van der Waals surface area (Å²) >= 11 is 0. The van der Waals surface area contributed by atoms with Crippen LogP contribution in [0.15, 0.2) is 4.99 Å². The molecule has 0 aromatic carbocycles. The molecule has 2 aliphatic rings. The Kier molecular flexibility index (Phi) is 12.1. The summed E-state index contributed by atoms with van der Waals surface area (Å²) in [5, 5.41) is 7.03. The van der Waals surface area contributed by atoms with E-state index in [4.69, 9.17) is 0 Å². The molecule has 0 aromatic rings. The van der Waals surface area contributed by atoms with Gasteiger partial charge in [-0.15, -0.1) is 24.0 Å². The summed E-state index contributed by atoms with van der Waals surface area (Å²) in [6, 6.07) is 0.665. The molecule has 5 nitrogen and oxygen atoms in total. The number of hydrogen-bond acceptors (Lipinski definition) is 3. The van der Waals surface area contributed by atoms with Crippen LogP contribution in [0.5, 0.6) is 0 Å². The highest BCUT2D eigenvalue weighted by Gasteiger charge is 2.21. The van der Waals surface area contributed by atoms with Gasteiger partial charge in [-0.3, -0.25) is 4.99 Å². The lowest BCUT2D eigenvalue weighted by Crippen LogP contribution is -2.46. The number of piperidine rings is 2. The molecule has 2 aliphatic heterocycles. The lowest BCUT2D eigenvalue weighted by Gasteiger charge is -2.35. The van der Waals surface area contributed by atoms with Crippen LogP contribution in [0, 0.1) is 11.8 Å². The largest absolute Gasteiger partial charge is 0.356 e. The summed E-state index contributed by atoms with van der Waals surface area (Å²) in [6.07, 6.45) is 6.59. The van der Waals surface area contributed by atoms with E-state index in [1.807, 2.05) is 7.05 Å². The van der Waals surface area contributed by atoms with Crippen LogP contribution in [-0.4, -0.2) is 74.7 Å². The van der Waals surface area contributed by atoms with Gasteiger partial charge < -0.3 is 20.4 Å². The Balaban J connectivity index is 0.00000338. The zero-order chi connectivity index (χ0) is 18.1. The molecule has 0 radical (unpaired) electrons. The highest BCUT2D eigenvalue weighted by molar-refractivity contribution is 14.0. The third-order valence-electron chi connectivity index (χ3n) is 5.88. The average Bonchev–Trinajstić information content (AvgIpc) is 2.63. The summed E-state index contributed by atoms with van der Waals surface area (Å²) in [5.41, 5.74) is 0. The molecule has 1 unspecified atom stereocenters. The SMILES string of the molecule is CN=C(NCCCN1CCC(C)CC1)NCC1CCCN(C(C)C)C1.I. The van der Waals surface area contributed by atoms with Crippen LogP contribution >= 0.6 is 24.0 Å². The maximum absolute atomic E-state index is 4.39. The fourth-order valence-electron chi connectivity index (χ4n) is 3.99. The fraction of sp³-hybridized carbons (Fsp3) is 0.950. The van der Waals surface area contributed by atoms with Crippen molar-refractivity contribution in [2.24, 2.45) is 16.8 Å². The predicted octanol–water partition coefficient (Wildman–Crippen LogP) is 3.01. The lowest BCUT2D eigenvalue weighted by molar-refractivity contribution is 0.141. The second-order valence-corrected chi connectivity index (χ2v) is 8.35. The first-order valence-electron chi connectivity index (χ1n) is 10.5. The van der Waals surface area contributed by atoms with Gasteiger partial charge in [0.15, 0.2) is 5.96 Å². The smallest absolute Gasteiger partial charge is 0.190 e. The van der Waals surface area contributed by atoms with Crippen molar-refractivity contribution in [3.63, 3.8) is 0 Å². The van der Waals surface area contributed by atoms with E-state index in [0.717, 1.165) is 30.9 Å². The van der Waals surface area contributed by atoms with Crippen molar-refractivity contribution < 1.29 is 0 Å². The van der Waals surface area contributed by atoms with Crippen molar-refractivity contribution in [3.05, 3.63) is 0 Å². The van der Waals surface area contributed by atoms with Crippen LogP contribution in [0.3, 0.4) is 0 Å². The number of rotatable bonds is 7. The quantitative estimate of drug-likeness (QED) is 0.255. The molecule has 2 saturated heterocycles. The minimum absolute atomic E-state index is 0. The fourth-order valence-corrected chi connectivity index (χ4v) is 3.99. The van der Waals surface area contributed by atoms with Crippen LogP contribution < -0.4 is 10.6 Å². The van der Waals surface area contributed by atoms with E-state index in [1.165, 1.54) is 64.8 Å². The second-order valence-electron chi connectivity index (χ2n) is 8.35. The minimum Gasteiger partial charge on any atom is -0.356 e. The van der Waals surface area contributed by atoms with E-state index in [-0.39, 0.29) is 24.0 Å². The number of hydrogen-bond donors (Lipinski definition) is 2. The van der Waals surface area contributed by atoms with Gasteiger partial charge >= 0.3 is 0 Å². The van der Waals surface area contributed by atoms with Gasteiger partial charge in [0.2, 0.25) is 0 Å². The number of aliphatic imine (C=N–C) groups is 1. The number of likely N-dealkylation sites (tertiary alicyclic amines) is 2. The minimum atomic E-state index is 0. The molecule has 1 atom stereocenters. The van der Waals surface area contributed by atoms with Crippen LogP contribution in [0.2, 0.25) is 0 Å². The molecule has 2 fully saturated rings. The third-order valence-corrected chi connectivity index (χ3v) is 5.88. The molecule has 154 valence electrons. The van der Waals surface area contributed by atoms with Crippen molar-refractivity contribution in [3.8, 4) is 0 Å². The van der Waals surface area contributed by atoms with Crippen molar-refractivity contribution in [2.45, 2.75) is 58.9 Å². The Morgan fingerprint density at radius 3 is 2.50 bits per heavy atom. The Morgan fingerprint density at radius 1 is 1.12 bits per heavy atom. The van der Waals surface area contributed by atoms with Crippen LogP contribution in [0.25, 0.3) is 0 Å². The number of halogens is 1.